The van der Waals surface area contributed by atoms with Gasteiger partial charge in [-0.3, -0.25) is 4.79 Å². The Bertz CT molecular complexity index is 941. The number of ether oxygens (including phenoxy) is 1. The first-order valence-corrected chi connectivity index (χ1v) is 9.28. The third-order valence-electron chi connectivity index (χ3n) is 4.30. The second-order valence-electron chi connectivity index (χ2n) is 6.36. The molecule has 1 amide bonds. The van der Waals surface area contributed by atoms with Crippen LogP contribution in [0, 0.1) is 6.92 Å². The van der Waals surface area contributed by atoms with E-state index in [2.05, 4.69) is 27.4 Å². The molecule has 3 aromatic rings. The number of aryl methyl sites for hydroxylation is 1. The Balaban J connectivity index is 1.76. The zero-order chi connectivity index (χ0) is 19.9. The molecule has 0 aliphatic heterocycles. The largest absolute Gasteiger partial charge is 0.493 e. The number of amides is 1. The van der Waals surface area contributed by atoms with Crippen molar-refractivity contribution < 1.29 is 9.53 Å². The summed E-state index contributed by atoms with van der Waals surface area (Å²) >= 11 is 0. The van der Waals surface area contributed by atoms with Gasteiger partial charge in [-0.2, -0.15) is 0 Å². The van der Waals surface area contributed by atoms with Gasteiger partial charge in [0.2, 0.25) is 5.95 Å². The Morgan fingerprint density at radius 2 is 1.79 bits per heavy atom. The standard InChI is InChI=1S/C22H24N4O2/c1-3-24-21(27)19-15(2)25-22(23)26-20(19)17-9-11-18(12-10-17)28-14-13-16-7-5-4-6-8-16/h4-12H,3,13-14H2,1-2H3,(H,24,27)(H2,23,25,26). The molecule has 0 spiro atoms. The third-order valence-corrected chi connectivity index (χ3v) is 4.30. The monoisotopic (exact) mass is 376 g/mol. The van der Waals surface area contributed by atoms with Crippen molar-refractivity contribution in [1.29, 1.82) is 0 Å². The van der Waals surface area contributed by atoms with Gasteiger partial charge in [-0.25, -0.2) is 9.97 Å². The highest BCUT2D eigenvalue weighted by Crippen LogP contribution is 2.26. The highest BCUT2D eigenvalue weighted by Gasteiger charge is 2.19. The molecule has 0 atom stereocenters. The lowest BCUT2D eigenvalue weighted by Crippen LogP contribution is -2.25. The van der Waals surface area contributed by atoms with Gasteiger partial charge in [0.25, 0.3) is 5.91 Å². The maximum absolute atomic E-state index is 12.5. The van der Waals surface area contributed by atoms with E-state index in [9.17, 15) is 4.79 Å². The number of nitrogens with zero attached hydrogens (tertiary/aromatic N) is 2. The highest BCUT2D eigenvalue weighted by atomic mass is 16.5. The number of hydrogen-bond donors (Lipinski definition) is 2. The van der Waals surface area contributed by atoms with Crippen molar-refractivity contribution in [2.75, 3.05) is 18.9 Å². The number of hydrogen-bond acceptors (Lipinski definition) is 5. The van der Waals surface area contributed by atoms with Gasteiger partial charge in [0.05, 0.1) is 23.6 Å². The molecule has 6 nitrogen and oxygen atoms in total. The number of nitrogens with one attached hydrogen (secondary N) is 1. The molecule has 0 unspecified atom stereocenters. The second kappa shape index (κ2) is 8.99. The minimum absolute atomic E-state index is 0.142. The predicted molar refractivity (Wildman–Crippen MR) is 110 cm³/mol. The first kappa shape index (κ1) is 19.4. The van der Waals surface area contributed by atoms with E-state index in [1.54, 1.807) is 6.92 Å². The number of aromatic nitrogens is 2. The number of carbonyl (C=O) groups excluding carboxylic acids is 1. The third kappa shape index (κ3) is 4.65. The van der Waals surface area contributed by atoms with Crippen molar-refractivity contribution in [2.24, 2.45) is 0 Å². The van der Waals surface area contributed by atoms with Crippen LogP contribution in [0.4, 0.5) is 5.95 Å². The van der Waals surface area contributed by atoms with E-state index >= 15 is 0 Å². The van der Waals surface area contributed by atoms with Gasteiger partial charge in [0.15, 0.2) is 0 Å². The summed E-state index contributed by atoms with van der Waals surface area (Å²) in [5, 5.41) is 2.80. The number of nitrogen functional groups attached to an aromatic ring is 1. The van der Waals surface area contributed by atoms with E-state index in [0.29, 0.717) is 30.1 Å². The first-order valence-electron chi connectivity index (χ1n) is 9.28. The van der Waals surface area contributed by atoms with Crippen LogP contribution in [0.5, 0.6) is 5.75 Å². The van der Waals surface area contributed by atoms with Crippen LogP contribution in [-0.2, 0) is 6.42 Å². The van der Waals surface area contributed by atoms with Crippen molar-refractivity contribution in [3.8, 4) is 17.0 Å². The summed E-state index contributed by atoms with van der Waals surface area (Å²) in [5.74, 6) is 0.694. The van der Waals surface area contributed by atoms with Crippen LogP contribution in [0.2, 0.25) is 0 Å². The summed E-state index contributed by atoms with van der Waals surface area (Å²) in [6.45, 7) is 4.74. The maximum atomic E-state index is 12.5. The normalized spacial score (nSPS) is 10.5. The topological polar surface area (TPSA) is 90.1 Å². The number of carbonyl (C=O) groups is 1. The summed E-state index contributed by atoms with van der Waals surface area (Å²) in [7, 11) is 0. The first-order chi connectivity index (χ1) is 13.6. The molecule has 0 radical (unpaired) electrons. The molecule has 28 heavy (non-hydrogen) atoms. The number of nitrogens with two attached hydrogens (primary N) is 1. The second-order valence-corrected chi connectivity index (χ2v) is 6.36. The molecular weight excluding hydrogens is 352 g/mol. The zero-order valence-electron chi connectivity index (χ0n) is 16.1. The van der Waals surface area contributed by atoms with Crippen LogP contribution >= 0.6 is 0 Å². The molecule has 0 saturated carbocycles. The van der Waals surface area contributed by atoms with Gasteiger partial charge in [-0.1, -0.05) is 30.3 Å². The van der Waals surface area contributed by atoms with Crippen molar-refractivity contribution in [3.63, 3.8) is 0 Å². The summed E-state index contributed by atoms with van der Waals surface area (Å²) < 4.78 is 5.83. The molecule has 0 aliphatic rings. The van der Waals surface area contributed by atoms with Gasteiger partial charge >= 0.3 is 0 Å². The van der Waals surface area contributed by atoms with Gasteiger partial charge in [-0.05, 0) is 43.7 Å². The molecule has 144 valence electrons. The molecule has 0 saturated heterocycles. The molecule has 0 aliphatic carbocycles. The summed E-state index contributed by atoms with van der Waals surface area (Å²) in [6.07, 6.45) is 0.839. The van der Waals surface area contributed by atoms with Gasteiger partial charge in [0, 0.05) is 18.5 Å². The minimum Gasteiger partial charge on any atom is -0.493 e. The molecule has 3 rings (SSSR count). The Hall–Kier alpha value is -3.41. The van der Waals surface area contributed by atoms with E-state index in [4.69, 9.17) is 10.5 Å². The lowest BCUT2D eigenvalue weighted by molar-refractivity contribution is 0.0955. The van der Waals surface area contributed by atoms with Crippen molar-refractivity contribution in [3.05, 3.63) is 71.4 Å². The Labute approximate surface area is 164 Å². The summed E-state index contributed by atoms with van der Waals surface area (Å²) in [5.41, 5.74) is 9.34. The Kier molecular flexibility index (Phi) is 6.22. The van der Waals surface area contributed by atoms with Gasteiger partial charge in [0.1, 0.15) is 5.75 Å². The SMILES string of the molecule is CCNC(=O)c1c(C)nc(N)nc1-c1ccc(OCCc2ccccc2)cc1. The Morgan fingerprint density at radius 3 is 2.46 bits per heavy atom. The van der Waals surface area contributed by atoms with E-state index in [-0.39, 0.29) is 11.9 Å². The smallest absolute Gasteiger partial charge is 0.255 e. The molecule has 0 fully saturated rings. The van der Waals surface area contributed by atoms with E-state index < -0.39 is 0 Å². The van der Waals surface area contributed by atoms with Crippen LogP contribution < -0.4 is 15.8 Å². The lowest BCUT2D eigenvalue weighted by Gasteiger charge is -2.13. The van der Waals surface area contributed by atoms with Crippen molar-refractivity contribution >= 4 is 11.9 Å². The van der Waals surface area contributed by atoms with E-state index in [1.807, 2.05) is 49.4 Å². The molecule has 1 heterocycles. The van der Waals surface area contributed by atoms with E-state index in [0.717, 1.165) is 17.7 Å². The molecular formula is C22H24N4O2. The van der Waals surface area contributed by atoms with Crippen molar-refractivity contribution in [2.45, 2.75) is 20.3 Å². The van der Waals surface area contributed by atoms with Crippen LogP contribution in [0.3, 0.4) is 0 Å². The van der Waals surface area contributed by atoms with Gasteiger partial charge < -0.3 is 15.8 Å². The lowest BCUT2D eigenvalue weighted by atomic mass is 10.0. The highest BCUT2D eigenvalue weighted by molar-refractivity contribution is 6.01. The number of rotatable bonds is 7. The average Bonchev–Trinajstić information content (AvgIpc) is 2.69. The van der Waals surface area contributed by atoms with Crippen molar-refractivity contribution in [1.82, 2.24) is 15.3 Å². The quantitative estimate of drug-likeness (QED) is 0.659. The summed E-state index contributed by atoms with van der Waals surface area (Å²) in [6, 6.07) is 17.7. The van der Waals surface area contributed by atoms with Crippen LogP contribution in [-0.4, -0.2) is 29.0 Å². The fraction of sp³-hybridized carbons (Fsp3) is 0.227. The van der Waals surface area contributed by atoms with Crippen LogP contribution in [0.15, 0.2) is 54.6 Å². The van der Waals surface area contributed by atoms with Crippen LogP contribution in [0.1, 0.15) is 28.5 Å². The molecule has 2 aromatic carbocycles. The number of benzene rings is 2. The maximum Gasteiger partial charge on any atom is 0.255 e. The molecule has 6 heteroatoms. The average molecular weight is 376 g/mol. The van der Waals surface area contributed by atoms with Crippen LogP contribution in [0.25, 0.3) is 11.3 Å². The fourth-order valence-corrected chi connectivity index (χ4v) is 2.96. The van der Waals surface area contributed by atoms with Gasteiger partial charge in [-0.15, -0.1) is 0 Å². The Morgan fingerprint density at radius 1 is 1.07 bits per heavy atom. The minimum atomic E-state index is -0.210. The fourth-order valence-electron chi connectivity index (χ4n) is 2.96. The molecule has 0 bridgehead atoms. The number of anilines is 1. The molecule has 1 aromatic heterocycles. The molecule has 3 N–H and O–H groups in total. The van der Waals surface area contributed by atoms with E-state index in [1.165, 1.54) is 5.56 Å². The summed E-state index contributed by atoms with van der Waals surface area (Å²) in [4.78, 5) is 20.9. The zero-order valence-corrected chi connectivity index (χ0v) is 16.1. The predicted octanol–water partition coefficient (Wildman–Crippen LogP) is 3.41.